The summed E-state index contributed by atoms with van der Waals surface area (Å²) >= 11 is 13.0. The van der Waals surface area contributed by atoms with Crippen LogP contribution >= 0.6 is 35.0 Å². The van der Waals surface area contributed by atoms with Gasteiger partial charge in [-0.1, -0.05) is 41.0 Å². The SMILES string of the molecule is C=CCn1c(COc2ccc(F)cc2Cl)nnc1SCC(=O)Nc1ccc(Cl)cn1. The van der Waals surface area contributed by atoms with Gasteiger partial charge in [0, 0.05) is 12.7 Å². The fraction of sp³-hybridized carbons (Fsp3) is 0.158. The van der Waals surface area contributed by atoms with E-state index in [4.69, 9.17) is 27.9 Å². The van der Waals surface area contributed by atoms with Crippen molar-refractivity contribution < 1.29 is 13.9 Å². The molecule has 30 heavy (non-hydrogen) atoms. The highest BCUT2D eigenvalue weighted by molar-refractivity contribution is 7.99. The molecular weight excluding hydrogens is 452 g/mol. The van der Waals surface area contributed by atoms with Gasteiger partial charge in [-0.15, -0.1) is 16.8 Å². The average molecular weight is 468 g/mol. The Morgan fingerprint density at radius 1 is 1.30 bits per heavy atom. The maximum Gasteiger partial charge on any atom is 0.236 e. The Morgan fingerprint density at radius 2 is 2.13 bits per heavy atom. The summed E-state index contributed by atoms with van der Waals surface area (Å²) in [4.78, 5) is 16.2. The van der Waals surface area contributed by atoms with Crippen molar-refractivity contribution in [1.29, 1.82) is 0 Å². The summed E-state index contributed by atoms with van der Waals surface area (Å²) in [5.41, 5.74) is 0. The van der Waals surface area contributed by atoms with Crippen molar-refractivity contribution in [3.63, 3.8) is 0 Å². The van der Waals surface area contributed by atoms with Crippen LogP contribution in [-0.4, -0.2) is 31.4 Å². The van der Waals surface area contributed by atoms with E-state index < -0.39 is 5.82 Å². The van der Waals surface area contributed by atoms with Crippen LogP contribution in [0.1, 0.15) is 5.82 Å². The van der Waals surface area contributed by atoms with E-state index in [0.29, 0.717) is 34.1 Å². The Hall–Kier alpha value is -2.62. The molecule has 156 valence electrons. The van der Waals surface area contributed by atoms with E-state index in [2.05, 4.69) is 27.1 Å². The van der Waals surface area contributed by atoms with Gasteiger partial charge in [-0.2, -0.15) is 0 Å². The molecule has 1 N–H and O–H groups in total. The Balaban J connectivity index is 1.62. The number of anilines is 1. The standard InChI is InChI=1S/C19H16Cl2FN5O2S/c1-2-7-27-17(10-29-15-5-4-13(22)8-14(15)21)25-26-19(27)30-11-18(28)24-16-6-3-12(20)9-23-16/h2-6,8-9H,1,7,10-11H2,(H,23,24,28). The number of hydrogen-bond donors (Lipinski definition) is 1. The second kappa shape index (κ2) is 10.4. The number of carbonyl (C=O) groups excluding carboxylic acids is 1. The molecule has 0 saturated heterocycles. The zero-order valence-corrected chi connectivity index (χ0v) is 17.8. The third kappa shape index (κ3) is 5.94. The molecule has 1 amide bonds. The zero-order chi connectivity index (χ0) is 21.5. The lowest BCUT2D eigenvalue weighted by molar-refractivity contribution is -0.113. The maximum atomic E-state index is 13.2. The van der Waals surface area contributed by atoms with Gasteiger partial charge in [-0.25, -0.2) is 9.37 Å². The lowest BCUT2D eigenvalue weighted by Gasteiger charge is -2.10. The quantitative estimate of drug-likeness (QED) is 0.365. The molecule has 3 aromatic rings. The number of nitrogens with one attached hydrogen (secondary N) is 1. The number of thioether (sulfide) groups is 1. The highest BCUT2D eigenvalue weighted by Gasteiger charge is 2.15. The summed E-state index contributed by atoms with van der Waals surface area (Å²) in [5.74, 6) is 0.645. The Morgan fingerprint density at radius 3 is 2.83 bits per heavy atom. The van der Waals surface area contributed by atoms with E-state index in [1.165, 1.54) is 36.2 Å². The molecule has 11 heteroatoms. The van der Waals surface area contributed by atoms with Gasteiger partial charge < -0.3 is 10.1 Å². The molecule has 0 aliphatic heterocycles. The summed E-state index contributed by atoms with van der Waals surface area (Å²) in [6.07, 6.45) is 3.13. The van der Waals surface area contributed by atoms with Crippen LogP contribution in [0.3, 0.4) is 0 Å². The molecule has 0 spiro atoms. The first-order valence-corrected chi connectivity index (χ1v) is 10.4. The molecule has 0 saturated carbocycles. The van der Waals surface area contributed by atoms with Crippen LogP contribution in [0.4, 0.5) is 10.2 Å². The number of aromatic nitrogens is 4. The van der Waals surface area contributed by atoms with E-state index in [-0.39, 0.29) is 23.3 Å². The third-order valence-corrected chi connectivity index (χ3v) is 5.17. The van der Waals surface area contributed by atoms with Gasteiger partial charge >= 0.3 is 0 Å². The minimum atomic E-state index is -0.451. The minimum absolute atomic E-state index is 0.0631. The molecule has 0 unspecified atom stereocenters. The normalized spacial score (nSPS) is 10.6. The van der Waals surface area contributed by atoms with Crippen molar-refractivity contribution >= 4 is 46.7 Å². The van der Waals surface area contributed by atoms with Crippen molar-refractivity contribution in [3.8, 4) is 5.75 Å². The van der Waals surface area contributed by atoms with E-state index >= 15 is 0 Å². The summed E-state index contributed by atoms with van der Waals surface area (Å²) in [5, 5.41) is 12.1. The smallest absolute Gasteiger partial charge is 0.236 e. The van der Waals surface area contributed by atoms with Crippen LogP contribution in [0.15, 0.2) is 54.3 Å². The van der Waals surface area contributed by atoms with Crippen LogP contribution in [-0.2, 0) is 17.9 Å². The van der Waals surface area contributed by atoms with Crippen LogP contribution in [0.5, 0.6) is 5.75 Å². The van der Waals surface area contributed by atoms with E-state index in [1.54, 1.807) is 22.8 Å². The van der Waals surface area contributed by atoms with Gasteiger partial charge in [-0.3, -0.25) is 9.36 Å². The van der Waals surface area contributed by atoms with Crippen molar-refractivity contribution in [2.24, 2.45) is 0 Å². The number of hydrogen-bond acceptors (Lipinski definition) is 6. The molecular formula is C19H16Cl2FN5O2S. The fourth-order valence-corrected chi connectivity index (χ4v) is 3.44. The van der Waals surface area contributed by atoms with Crippen LogP contribution in [0.25, 0.3) is 0 Å². The second-order valence-corrected chi connectivity index (χ2v) is 7.65. The predicted molar refractivity (Wildman–Crippen MR) is 115 cm³/mol. The van der Waals surface area contributed by atoms with Gasteiger partial charge in [0.25, 0.3) is 0 Å². The van der Waals surface area contributed by atoms with Crippen LogP contribution in [0.2, 0.25) is 10.0 Å². The van der Waals surface area contributed by atoms with Crippen LogP contribution in [0, 0.1) is 5.82 Å². The Labute approximate surface area is 186 Å². The molecule has 0 radical (unpaired) electrons. The molecule has 7 nitrogen and oxygen atoms in total. The molecule has 0 bridgehead atoms. The summed E-state index contributed by atoms with van der Waals surface area (Å²) in [6, 6.07) is 7.11. The second-order valence-electron chi connectivity index (χ2n) is 5.86. The Kier molecular flexibility index (Phi) is 7.67. The zero-order valence-electron chi connectivity index (χ0n) is 15.5. The van der Waals surface area contributed by atoms with E-state index in [9.17, 15) is 9.18 Å². The third-order valence-electron chi connectivity index (χ3n) is 3.68. The number of allylic oxidation sites excluding steroid dienone is 1. The number of amides is 1. The highest BCUT2D eigenvalue weighted by Crippen LogP contribution is 2.26. The molecule has 0 fully saturated rings. The average Bonchev–Trinajstić information content (AvgIpc) is 3.09. The topological polar surface area (TPSA) is 81.9 Å². The summed E-state index contributed by atoms with van der Waals surface area (Å²) in [7, 11) is 0. The molecule has 2 heterocycles. The maximum absolute atomic E-state index is 13.2. The molecule has 3 rings (SSSR count). The van der Waals surface area contributed by atoms with Crippen LogP contribution < -0.4 is 10.1 Å². The van der Waals surface area contributed by atoms with Crippen molar-refractivity contribution in [1.82, 2.24) is 19.7 Å². The van der Waals surface area contributed by atoms with Gasteiger partial charge in [0.05, 0.1) is 15.8 Å². The molecule has 0 aliphatic carbocycles. The summed E-state index contributed by atoms with van der Waals surface area (Å²) < 4.78 is 20.6. The first-order chi connectivity index (χ1) is 14.5. The fourth-order valence-electron chi connectivity index (χ4n) is 2.34. The predicted octanol–water partition coefficient (Wildman–Crippen LogP) is 4.61. The Bertz CT molecular complexity index is 1050. The number of nitrogens with zero attached hydrogens (tertiary/aromatic N) is 4. The van der Waals surface area contributed by atoms with Gasteiger partial charge in [-0.05, 0) is 30.3 Å². The molecule has 1 aromatic carbocycles. The van der Waals surface area contributed by atoms with Crippen molar-refractivity contribution in [2.75, 3.05) is 11.1 Å². The molecule has 0 atom stereocenters. The minimum Gasteiger partial charge on any atom is -0.484 e. The molecule has 2 aromatic heterocycles. The van der Waals surface area contributed by atoms with Crippen molar-refractivity contribution in [2.45, 2.75) is 18.3 Å². The number of pyridine rings is 1. The van der Waals surface area contributed by atoms with Gasteiger partial charge in [0.2, 0.25) is 5.91 Å². The first kappa shape index (κ1) is 22.1. The largest absolute Gasteiger partial charge is 0.484 e. The van der Waals surface area contributed by atoms with Crippen molar-refractivity contribution in [3.05, 3.63) is 70.9 Å². The number of halogens is 3. The monoisotopic (exact) mass is 467 g/mol. The number of benzene rings is 1. The lowest BCUT2D eigenvalue weighted by Crippen LogP contribution is -2.15. The number of carbonyl (C=O) groups is 1. The van der Waals surface area contributed by atoms with Gasteiger partial charge in [0.1, 0.15) is 24.0 Å². The molecule has 0 aliphatic rings. The van der Waals surface area contributed by atoms with E-state index in [1.807, 2.05) is 0 Å². The first-order valence-electron chi connectivity index (χ1n) is 8.61. The van der Waals surface area contributed by atoms with Gasteiger partial charge in [0.15, 0.2) is 11.0 Å². The number of ether oxygens (including phenoxy) is 1. The number of rotatable bonds is 9. The van der Waals surface area contributed by atoms with E-state index in [0.717, 1.165) is 0 Å². The summed E-state index contributed by atoms with van der Waals surface area (Å²) in [6.45, 7) is 4.22. The lowest BCUT2D eigenvalue weighted by atomic mass is 10.3. The highest BCUT2D eigenvalue weighted by atomic mass is 35.5.